The number of hydrogen-bond acceptors (Lipinski definition) is 8. The summed E-state index contributed by atoms with van der Waals surface area (Å²) in [6.07, 6.45) is 5.40. The second-order valence-corrected chi connectivity index (χ2v) is 5.98. The van der Waals surface area contributed by atoms with Crippen molar-refractivity contribution in [2.75, 3.05) is 5.32 Å². The molecule has 0 amide bonds. The van der Waals surface area contributed by atoms with Gasteiger partial charge in [-0.3, -0.25) is 9.97 Å². The van der Waals surface area contributed by atoms with Crippen LogP contribution in [0.25, 0.3) is 23.0 Å². The minimum Gasteiger partial charge on any atom is -0.358 e. The topological polar surface area (TPSA) is 106 Å². The Bertz CT molecular complexity index is 915. The molecule has 3 aromatic heterocycles. The van der Waals surface area contributed by atoms with E-state index in [4.69, 9.17) is 0 Å². The third kappa shape index (κ3) is 5.21. The van der Waals surface area contributed by atoms with E-state index >= 15 is 0 Å². The number of rotatable bonds is 8. The molecule has 0 atom stereocenters. The molecular weight excluding hydrogens is 342 g/mol. The van der Waals surface area contributed by atoms with E-state index in [-0.39, 0.29) is 7.21 Å². The third-order valence-corrected chi connectivity index (χ3v) is 3.69. The van der Waals surface area contributed by atoms with Crippen molar-refractivity contribution >= 4 is 11.5 Å². The number of carbonyl (C=O) groups is 1. The molecule has 0 aliphatic heterocycles. The number of carbonyl (C=O) groups excluding carboxylic acids is 1. The lowest BCUT2D eigenvalue weighted by Gasteiger charge is -2.09. The summed E-state index contributed by atoms with van der Waals surface area (Å²) in [7, 11) is 0. The predicted molar refractivity (Wildman–Crippen MR) is 103 cm³/mol. The Morgan fingerprint density at radius 3 is 2.26 bits per heavy atom. The monoisotopic (exact) mass is 363 g/mol. The second kappa shape index (κ2) is 8.70. The maximum Gasteiger partial charge on any atom is 0.221 e. The Morgan fingerprint density at radius 2 is 1.70 bits per heavy atom. The summed E-state index contributed by atoms with van der Waals surface area (Å²) < 4.78 is 0. The van der Waals surface area contributed by atoms with E-state index in [1.54, 1.807) is 31.5 Å². The highest BCUT2D eigenvalue weighted by Gasteiger charge is 2.08. The molecule has 0 aliphatic carbocycles. The zero-order valence-electron chi connectivity index (χ0n) is 15.0. The van der Waals surface area contributed by atoms with E-state index in [9.17, 15) is 4.79 Å². The molecule has 0 unspecified atom stereocenters. The van der Waals surface area contributed by atoms with Crippen LogP contribution in [0.5, 0.6) is 0 Å². The molecule has 27 heavy (non-hydrogen) atoms. The van der Waals surface area contributed by atoms with Crippen molar-refractivity contribution < 1.29 is 6.22 Å². The van der Waals surface area contributed by atoms with Crippen LogP contribution in [0.15, 0.2) is 55.0 Å². The van der Waals surface area contributed by atoms with E-state index in [1.807, 2.05) is 18.2 Å². The highest BCUT2D eigenvalue weighted by Crippen LogP contribution is 2.17. The summed E-state index contributed by atoms with van der Waals surface area (Å²) in [6.45, 7) is 5.56. The predicted octanol–water partition coefficient (Wildman–Crippen LogP) is 3.32. The third-order valence-electron chi connectivity index (χ3n) is 3.69. The number of allylic oxidation sites excluding steroid dienone is 1. The largest absolute Gasteiger partial charge is 0.358 e. The minimum atomic E-state index is 0. The van der Waals surface area contributed by atoms with Crippen LogP contribution in [0.3, 0.4) is 0 Å². The van der Waals surface area contributed by atoms with Gasteiger partial charge in [-0.05, 0) is 44.0 Å². The normalized spacial score (nSPS) is 10.4. The minimum absolute atomic E-state index is 0. The lowest BCUT2D eigenvalue weighted by molar-refractivity contribution is -0.117. The van der Waals surface area contributed by atoms with Gasteiger partial charge in [0.05, 0.1) is 11.9 Å². The average molecular weight is 363 g/mol. The van der Waals surface area contributed by atoms with Gasteiger partial charge in [0.25, 0.3) is 0 Å². The number of aromatic nitrogens is 6. The molecule has 0 aromatic carbocycles. The van der Waals surface area contributed by atoms with Crippen LogP contribution in [0.2, 0.25) is 0 Å². The summed E-state index contributed by atoms with van der Waals surface area (Å²) in [5.74, 6) is 0.881. The molecule has 0 fully saturated rings. The summed E-state index contributed by atoms with van der Waals surface area (Å²) in [4.78, 5) is 19.5. The smallest absolute Gasteiger partial charge is 0.221 e. The van der Waals surface area contributed by atoms with Crippen LogP contribution in [0, 0.1) is 0 Å². The Labute approximate surface area is 158 Å². The molecular formula is C19H21N7O. The quantitative estimate of drug-likeness (QED) is 0.649. The van der Waals surface area contributed by atoms with Gasteiger partial charge < -0.3 is 10.1 Å². The first-order chi connectivity index (χ1) is 13.1. The Balaban J connectivity index is 0.00000280. The van der Waals surface area contributed by atoms with Crippen molar-refractivity contribution in [3.8, 4) is 23.0 Å². The van der Waals surface area contributed by atoms with Crippen LogP contribution in [0.1, 0.15) is 27.6 Å². The van der Waals surface area contributed by atoms with Crippen LogP contribution >= 0.6 is 0 Å². The molecule has 1 N–H and O–H groups in total. The number of Topliss-reactive ketones (excluding diaryl/α,β-unsaturated/α-hetero) is 1. The van der Waals surface area contributed by atoms with E-state index in [0.717, 1.165) is 24.2 Å². The maximum atomic E-state index is 11.0. The summed E-state index contributed by atoms with van der Waals surface area (Å²) in [5.41, 5.74) is 2.82. The summed E-state index contributed by atoms with van der Waals surface area (Å²) in [5, 5.41) is 19.5. The molecule has 0 saturated heterocycles. The highest BCUT2D eigenvalue weighted by molar-refractivity contribution is 5.75. The average Bonchev–Trinajstić information content (AvgIpc) is 2.69. The van der Waals surface area contributed by atoms with Gasteiger partial charge in [-0.1, -0.05) is 12.6 Å². The van der Waals surface area contributed by atoms with Gasteiger partial charge in [-0.2, -0.15) is 0 Å². The van der Waals surface area contributed by atoms with Crippen LogP contribution in [-0.4, -0.2) is 36.1 Å². The van der Waals surface area contributed by atoms with Gasteiger partial charge in [-0.25, -0.2) is 0 Å². The van der Waals surface area contributed by atoms with Gasteiger partial charge in [0.1, 0.15) is 17.2 Å². The fourth-order valence-corrected chi connectivity index (χ4v) is 2.35. The van der Waals surface area contributed by atoms with E-state index < -0.39 is 0 Å². The molecule has 0 saturated carbocycles. The first-order valence-corrected chi connectivity index (χ1v) is 8.51. The molecule has 3 heterocycles. The first kappa shape index (κ1) is 18.2. The fourth-order valence-electron chi connectivity index (χ4n) is 2.35. The zero-order valence-corrected chi connectivity index (χ0v) is 15.0. The number of pyridine rings is 2. The number of hydrogen-bond donors (Lipinski definition) is 1. The molecule has 0 radical (unpaired) electrons. The van der Waals surface area contributed by atoms with Crippen molar-refractivity contribution in [3.05, 3.63) is 55.0 Å². The van der Waals surface area contributed by atoms with Gasteiger partial charge >= 0.3 is 0 Å². The maximum absolute atomic E-state index is 11.0. The first-order valence-electron chi connectivity index (χ1n) is 8.51. The summed E-state index contributed by atoms with van der Waals surface area (Å²) >= 11 is 0. The van der Waals surface area contributed by atoms with E-state index in [1.165, 1.54) is 0 Å². The van der Waals surface area contributed by atoms with Crippen molar-refractivity contribution in [2.45, 2.75) is 26.2 Å². The zero-order chi connectivity index (χ0) is 19.1. The molecule has 3 aromatic rings. The lowest BCUT2D eigenvalue weighted by atomic mass is 10.1. The second-order valence-electron chi connectivity index (χ2n) is 5.98. The lowest BCUT2D eigenvalue weighted by Crippen LogP contribution is -2.02. The van der Waals surface area contributed by atoms with Crippen molar-refractivity contribution in [3.63, 3.8) is 0 Å². The van der Waals surface area contributed by atoms with Gasteiger partial charge in [0, 0.05) is 19.7 Å². The number of nitrogens with one attached hydrogen (secondary N) is 1. The molecule has 138 valence electrons. The molecule has 0 bridgehead atoms. The van der Waals surface area contributed by atoms with Crippen molar-refractivity contribution in [1.82, 2.24) is 30.4 Å². The molecule has 8 heteroatoms. The van der Waals surface area contributed by atoms with Crippen LogP contribution < -0.4 is 5.32 Å². The van der Waals surface area contributed by atoms with Gasteiger partial charge in [0.2, 0.25) is 11.6 Å². The standard InChI is InChI=1S/C19H19N7O.H2/c1-13(6-5-7-14(2)27)22-15-9-10-17(21-12-15)19-25-23-18(24-26-19)16-8-3-4-11-20-16;/h3-4,8-12,22H,1,5-7H2,2H3;1H. The van der Waals surface area contributed by atoms with Gasteiger partial charge in [-0.15, -0.1) is 20.4 Å². The molecule has 0 aliphatic rings. The van der Waals surface area contributed by atoms with Crippen LogP contribution in [-0.2, 0) is 4.79 Å². The van der Waals surface area contributed by atoms with Crippen molar-refractivity contribution in [2.24, 2.45) is 0 Å². The van der Waals surface area contributed by atoms with Gasteiger partial charge in [0.15, 0.2) is 0 Å². The Morgan fingerprint density at radius 1 is 1.00 bits per heavy atom. The molecule has 3 rings (SSSR count). The fraction of sp³-hybridized carbons (Fsp3) is 0.211. The van der Waals surface area contributed by atoms with E-state index in [2.05, 4.69) is 42.3 Å². The molecule has 0 spiro atoms. The number of ketones is 1. The van der Waals surface area contributed by atoms with E-state index in [0.29, 0.717) is 29.5 Å². The number of anilines is 1. The number of nitrogens with zero attached hydrogens (tertiary/aromatic N) is 6. The van der Waals surface area contributed by atoms with Crippen molar-refractivity contribution in [1.29, 1.82) is 0 Å². The summed E-state index contributed by atoms with van der Waals surface area (Å²) in [6, 6.07) is 9.09. The highest BCUT2D eigenvalue weighted by atomic mass is 16.1. The SMILES string of the molecule is C=C(CCCC(C)=O)Nc1ccc(-c2nnc(-c3ccccn3)nn2)nc1.[HH]. The Hall–Kier alpha value is -3.55. The Kier molecular flexibility index (Phi) is 5.88. The van der Waals surface area contributed by atoms with Crippen LogP contribution in [0.4, 0.5) is 5.69 Å². The molecule has 8 nitrogen and oxygen atoms in total.